The lowest BCUT2D eigenvalue weighted by molar-refractivity contribution is -0.145. The molecule has 4 atom stereocenters. The number of carboxylic acid groups (broad SMARTS) is 1. The number of Topliss-reactive ketones (excluding diaryl/α,β-unsaturated/α-hetero) is 1. The number of esters is 1. The number of carboxylic acids is 1. The molecule has 0 aromatic rings. The number of ether oxygens (including phenoxy) is 2. The molecule has 0 aromatic carbocycles. The molecule has 4 unspecified atom stereocenters. The van der Waals surface area contributed by atoms with Crippen molar-refractivity contribution in [3.63, 3.8) is 0 Å². The van der Waals surface area contributed by atoms with E-state index >= 15 is 0 Å². The molecule has 274 valence electrons. The fourth-order valence-corrected chi connectivity index (χ4v) is 5.13. The Morgan fingerprint density at radius 1 is 1.06 bits per heavy atom. The van der Waals surface area contributed by atoms with Crippen molar-refractivity contribution in [1.82, 2.24) is 10.6 Å². The van der Waals surface area contributed by atoms with Crippen molar-refractivity contribution in [2.45, 2.75) is 102 Å². The second-order valence-electron chi connectivity index (χ2n) is 12.1. The number of nitrogens with two attached hydrogens (primary N) is 2. The highest BCUT2D eigenvalue weighted by molar-refractivity contribution is 5.97. The van der Waals surface area contributed by atoms with Crippen molar-refractivity contribution in [3.05, 3.63) is 36.5 Å². The first-order valence-corrected chi connectivity index (χ1v) is 16.6. The SMILES string of the molecule is C=C(COC(=O)CCCCCCC/C=C/C=C/C(=O)NC(CCCN=C(N)N)C(=O)O)C(C)C(=O)C(OC)C(O)CC1CC(=O)NC(=O)C1. The zero-order chi connectivity index (χ0) is 36.8. The fraction of sp³-hybridized carbons (Fsp3) is 0.618. The highest BCUT2D eigenvalue weighted by atomic mass is 16.5. The third-order valence-electron chi connectivity index (χ3n) is 7.95. The summed E-state index contributed by atoms with van der Waals surface area (Å²) in [5.74, 6) is -4.53. The lowest BCUT2D eigenvalue weighted by Crippen LogP contribution is -2.44. The molecule has 1 fully saturated rings. The number of hydrogen-bond acceptors (Lipinski definition) is 10. The van der Waals surface area contributed by atoms with Gasteiger partial charge in [-0.3, -0.25) is 34.3 Å². The molecule has 0 radical (unpaired) electrons. The lowest BCUT2D eigenvalue weighted by Gasteiger charge is -2.28. The van der Waals surface area contributed by atoms with E-state index in [1.54, 1.807) is 19.1 Å². The maximum absolute atomic E-state index is 13.0. The average molecular weight is 692 g/mol. The molecule has 1 heterocycles. The maximum atomic E-state index is 13.0. The Morgan fingerprint density at radius 2 is 1.71 bits per heavy atom. The number of aliphatic hydroxyl groups excluding tert-OH is 1. The number of rotatable bonds is 25. The van der Waals surface area contributed by atoms with E-state index < -0.39 is 65.5 Å². The molecule has 49 heavy (non-hydrogen) atoms. The Labute approximate surface area is 287 Å². The number of nitrogens with zero attached hydrogens (tertiary/aromatic N) is 1. The molecule has 15 nitrogen and oxygen atoms in total. The second kappa shape index (κ2) is 23.9. The van der Waals surface area contributed by atoms with Crippen LogP contribution in [0.1, 0.15) is 84.0 Å². The average Bonchev–Trinajstić information content (AvgIpc) is 3.02. The number of hydrogen-bond donors (Lipinski definition) is 6. The topological polar surface area (TPSA) is 250 Å². The largest absolute Gasteiger partial charge is 0.480 e. The Kier molecular flexibility index (Phi) is 20.8. The fourth-order valence-electron chi connectivity index (χ4n) is 5.13. The van der Waals surface area contributed by atoms with Crippen LogP contribution in [0.5, 0.6) is 0 Å². The summed E-state index contributed by atoms with van der Waals surface area (Å²) >= 11 is 0. The van der Waals surface area contributed by atoms with Gasteiger partial charge in [0.1, 0.15) is 18.8 Å². The summed E-state index contributed by atoms with van der Waals surface area (Å²) in [6.07, 6.45) is 10.2. The quantitative estimate of drug-likeness (QED) is 0.0117. The van der Waals surface area contributed by atoms with Gasteiger partial charge < -0.3 is 36.5 Å². The first-order valence-electron chi connectivity index (χ1n) is 16.6. The predicted octanol–water partition coefficient (Wildman–Crippen LogP) is 1.58. The van der Waals surface area contributed by atoms with Gasteiger partial charge in [-0.05, 0) is 50.0 Å². The van der Waals surface area contributed by atoms with Gasteiger partial charge in [0, 0.05) is 44.9 Å². The minimum Gasteiger partial charge on any atom is -0.480 e. The zero-order valence-corrected chi connectivity index (χ0v) is 28.6. The Morgan fingerprint density at radius 3 is 2.35 bits per heavy atom. The Bertz CT molecular complexity index is 1210. The highest BCUT2D eigenvalue weighted by Crippen LogP contribution is 2.24. The van der Waals surface area contributed by atoms with E-state index in [2.05, 4.69) is 22.2 Å². The van der Waals surface area contributed by atoms with E-state index in [0.717, 1.165) is 32.1 Å². The predicted molar refractivity (Wildman–Crippen MR) is 182 cm³/mol. The number of unbranched alkanes of at least 4 members (excludes halogenated alkanes) is 5. The summed E-state index contributed by atoms with van der Waals surface area (Å²) in [6.45, 7) is 5.59. The number of ketones is 1. The van der Waals surface area contributed by atoms with Crippen LogP contribution in [0.4, 0.5) is 0 Å². The number of methoxy groups -OCH3 is 1. The summed E-state index contributed by atoms with van der Waals surface area (Å²) in [5, 5.41) is 24.5. The van der Waals surface area contributed by atoms with E-state index in [9.17, 15) is 39.0 Å². The van der Waals surface area contributed by atoms with Crippen LogP contribution in [-0.2, 0) is 38.2 Å². The number of carbonyl (C=O) groups excluding carboxylic acids is 5. The van der Waals surface area contributed by atoms with Crippen molar-refractivity contribution >= 4 is 41.4 Å². The molecule has 15 heteroatoms. The molecule has 1 saturated heterocycles. The van der Waals surface area contributed by atoms with Crippen molar-refractivity contribution < 1.29 is 48.5 Å². The van der Waals surface area contributed by atoms with E-state index in [4.69, 9.17) is 20.9 Å². The van der Waals surface area contributed by atoms with Crippen LogP contribution in [0.2, 0.25) is 0 Å². The second-order valence-corrected chi connectivity index (χ2v) is 12.1. The third-order valence-corrected chi connectivity index (χ3v) is 7.95. The van der Waals surface area contributed by atoms with Crippen molar-refractivity contribution in [2.24, 2.45) is 28.3 Å². The number of carbonyl (C=O) groups is 6. The maximum Gasteiger partial charge on any atom is 0.326 e. The summed E-state index contributed by atoms with van der Waals surface area (Å²) in [5.41, 5.74) is 10.8. The molecule has 1 rings (SSSR count). The van der Waals surface area contributed by atoms with E-state index in [-0.39, 0.29) is 51.2 Å². The summed E-state index contributed by atoms with van der Waals surface area (Å²) in [6, 6.07) is -1.03. The van der Waals surface area contributed by atoms with E-state index in [1.165, 1.54) is 13.2 Å². The molecule has 8 N–H and O–H groups in total. The highest BCUT2D eigenvalue weighted by Gasteiger charge is 2.35. The van der Waals surface area contributed by atoms with E-state index in [1.807, 2.05) is 6.08 Å². The molecule has 1 aliphatic heterocycles. The van der Waals surface area contributed by atoms with Crippen LogP contribution in [0.15, 0.2) is 41.4 Å². The van der Waals surface area contributed by atoms with E-state index in [0.29, 0.717) is 18.4 Å². The molecule has 0 bridgehead atoms. The third kappa shape index (κ3) is 18.7. The number of guanidine groups is 1. The number of imide groups is 1. The van der Waals surface area contributed by atoms with Crippen LogP contribution in [-0.4, -0.2) is 90.1 Å². The van der Waals surface area contributed by atoms with Crippen LogP contribution < -0.4 is 22.1 Å². The standard InChI is InChI=1S/C34H53N5O10/c1-22(23(2)31(45)32(48-3)26(40)18-24-19-28(42)39-29(43)20-24)21-49-30(44)16-12-10-8-6-4-5-7-9-11-15-27(41)38-25(33(46)47)14-13-17-37-34(35)36/h7,9,11,15,23-26,32,40H,1,4-6,8,10,12-14,16-21H2,2-3H3,(H,38,41)(H,46,47)(H4,35,36,37)(H,39,42,43)/b9-7+,15-11+. The van der Waals surface area contributed by atoms with Crippen LogP contribution >= 0.6 is 0 Å². The van der Waals surface area contributed by atoms with Crippen molar-refractivity contribution in [1.29, 1.82) is 0 Å². The number of aliphatic imine (C=N–C) groups is 1. The van der Waals surface area contributed by atoms with Crippen molar-refractivity contribution in [2.75, 3.05) is 20.3 Å². The van der Waals surface area contributed by atoms with Gasteiger partial charge in [-0.15, -0.1) is 0 Å². The molecular formula is C34H53N5O10. The molecule has 0 spiro atoms. The molecular weight excluding hydrogens is 638 g/mol. The first-order chi connectivity index (χ1) is 23.2. The normalized spacial score (nSPS) is 16.1. The number of amides is 3. The van der Waals surface area contributed by atoms with Gasteiger partial charge in [0.15, 0.2) is 11.7 Å². The summed E-state index contributed by atoms with van der Waals surface area (Å²) in [7, 11) is 1.29. The van der Waals surface area contributed by atoms with Gasteiger partial charge in [-0.25, -0.2) is 4.79 Å². The van der Waals surface area contributed by atoms with Crippen molar-refractivity contribution in [3.8, 4) is 0 Å². The van der Waals surface area contributed by atoms with Crippen LogP contribution in [0.25, 0.3) is 0 Å². The number of aliphatic hydroxyl groups is 1. The van der Waals surface area contributed by atoms with Crippen LogP contribution in [0.3, 0.4) is 0 Å². The van der Waals surface area contributed by atoms with Gasteiger partial charge in [0.25, 0.3) is 0 Å². The Hall–Kier alpha value is -4.37. The van der Waals surface area contributed by atoms with Gasteiger partial charge in [0.05, 0.1) is 6.10 Å². The molecule has 3 amide bonds. The zero-order valence-electron chi connectivity index (χ0n) is 28.6. The molecule has 0 saturated carbocycles. The molecule has 0 aromatic heterocycles. The molecule has 0 aliphatic carbocycles. The number of allylic oxidation sites excluding steroid dienone is 3. The monoisotopic (exact) mass is 691 g/mol. The minimum atomic E-state index is -1.22. The smallest absolute Gasteiger partial charge is 0.326 e. The van der Waals surface area contributed by atoms with Gasteiger partial charge >= 0.3 is 11.9 Å². The number of nitrogens with one attached hydrogen (secondary N) is 2. The van der Waals surface area contributed by atoms with Gasteiger partial charge in [0.2, 0.25) is 17.7 Å². The van der Waals surface area contributed by atoms with Crippen LogP contribution in [0, 0.1) is 11.8 Å². The minimum absolute atomic E-state index is 0.0509. The molecule has 1 aliphatic rings. The number of aliphatic carboxylic acids is 1. The van der Waals surface area contributed by atoms with Gasteiger partial charge in [-0.2, -0.15) is 0 Å². The Balaban J connectivity index is 2.23. The first kappa shape index (κ1) is 42.7. The summed E-state index contributed by atoms with van der Waals surface area (Å²) in [4.78, 5) is 75.6. The lowest BCUT2D eigenvalue weighted by atomic mass is 9.86. The van der Waals surface area contributed by atoms with Gasteiger partial charge in [-0.1, -0.05) is 51.0 Å². The summed E-state index contributed by atoms with van der Waals surface area (Å²) < 4.78 is 10.5. The number of piperidine rings is 1.